The Bertz CT molecular complexity index is 367. The average Bonchev–Trinajstić information content (AvgIpc) is 2.16. The summed E-state index contributed by atoms with van der Waals surface area (Å²) in [6.45, 7) is 0. The molecular weight excluding hydrogens is 210 g/mol. The van der Waals surface area contributed by atoms with Gasteiger partial charge in [-0.25, -0.2) is 0 Å². The van der Waals surface area contributed by atoms with Crippen molar-refractivity contribution in [3.8, 4) is 11.5 Å². The van der Waals surface area contributed by atoms with Crippen molar-refractivity contribution in [2.45, 2.75) is 0 Å². The molecule has 0 aliphatic heterocycles. The molecule has 1 rings (SSSR count). The van der Waals surface area contributed by atoms with Gasteiger partial charge in [0.1, 0.15) is 5.75 Å². The summed E-state index contributed by atoms with van der Waals surface area (Å²) in [5, 5.41) is 10.8. The van der Waals surface area contributed by atoms with Crippen molar-refractivity contribution in [2.24, 2.45) is 0 Å². The van der Waals surface area contributed by atoms with E-state index in [-0.39, 0.29) is 16.5 Å². The minimum Gasteiger partial charge on any atom is -0.496 e. The molecule has 0 saturated heterocycles. The summed E-state index contributed by atoms with van der Waals surface area (Å²) in [7, 11) is 2.72. The van der Waals surface area contributed by atoms with Gasteiger partial charge in [0.05, 0.1) is 30.2 Å². The van der Waals surface area contributed by atoms with Gasteiger partial charge in [-0.05, 0) is 0 Å². The first-order chi connectivity index (χ1) is 6.60. The highest BCUT2D eigenvalue weighted by Crippen LogP contribution is 2.38. The van der Waals surface area contributed by atoms with Crippen LogP contribution >= 0.6 is 11.6 Å². The molecule has 0 aliphatic rings. The summed E-state index contributed by atoms with van der Waals surface area (Å²) in [5.74, 6) is 0.361. The number of hydrogen-bond acceptors (Lipinski definition) is 4. The molecular formula is C8H8ClNO4. The third-order valence-corrected chi connectivity index (χ3v) is 1.91. The number of halogens is 1. The second-order valence-electron chi connectivity index (χ2n) is 2.42. The molecule has 0 radical (unpaired) electrons. The van der Waals surface area contributed by atoms with Crippen molar-refractivity contribution in [1.29, 1.82) is 0 Å². The number of nitro groups is 1. The molecule has 0 aromatic heterocycles. The lowest BCUT2D eigenvalue weighted by molar-refractivity contribution is -0.385. The first kappa shape index (κ1) is 10.6. The Morgan fingerprint density at radius 1 is 1.36 bits per heavy atom. The second kappa shape index (κ2) is 4.15. The maximum Gasteiger partial charge on any atom is 0.316 e. The van der Waals surface area contributed by atoms with Gasteiger partial charge in [0.2, 0.25) is 5.75 Å². The summed E-state index contributed by atoms with van der Waals surface area (Å²) >= 11 is 5.75. The molecule has 76 valence electrons. The molecule has 0 unspecified atom stereocenters. The molecule has 0 heterocycles. The number of nitrogens with zero attached hydrogens (tertiary/aromatic N) is 1. The first-order valence-corrected chi connectivity index (χ1v) is 4.04. The zero-order chi connectivity index (χ0) is 10.7. The molecule has 0 saturated carbocycles. The third-order valence-electron chi connectivity index (χ3n) is 1.63. The monoisotopic (exact) mass is 217 g/mol. The fraction of sp³-hybridized carbons (Fsp3) is 0.250. The van der Waals surface area contributed by atoms with Crippen LogP contribution in [0.1, 0.15) is 0 Å². The lowest BCUT2D eigenvalue weighted by Crippen LogP contribution is -1.95. The fourth-order valence-electron chi connectivity index (χ4n) is 1.01. The van der Waals surface area contributed by atoms with Gasteiger partial charge in [-0.15, -0.1) is 0 Å². The van der Waals surface area contributed by atoms with Crippen molar-refractivity contribution in [3.63, 3.8) is 0 Å². The zero-order valence-electron chi connectivity index (χ0n) is 7.61. The summed E-state index contributed by atoms with van der Waals surface area (Å²) in [6.07, 6.45) is 0. The SMILES string of the molecule is COc1cc(Cl)c(OC)c([N+](=O)[O-])c1. The normalized spacial score (nSPS) is 9.64. The Kier molecular flexibility index (Phi) is 3.14. The highest BCUT2D eigenvalue weighted by atomic mass is 35.5. The number of rotatable bonds is 3. The summed E-state index contributed by atoms with van der Waals surface area (Å²) < 4.78 is 9.65. The average molecular weight is 218 g/mol. The van der Waals surface area contributed by atoms with E-state index < -0.39 is 4.92 Å². The van der Waals surface area contributed by atoms with Crippen LogP contribution in [0.5, 0.6) is 11.5 Å². The van der Waals surface area contributed by atoms with Crippen LogP contribution in [0.3, 0.4) is 0 Å². The minimum absolute atomic E-state index is 0.0393. The number of benzene rings is 1. The summed E-state index contributed by atoms with van der Waals surface area (Å²) in [4.78, 5) is 10.0. The van der Waals surface area contributed by atoms with E-state index in [1.165, 1.54) is 26.4 Å². The standard InChI is InChI=1S/C8H8ClNO4/c1-13-5-3-6(9)8(14-2)7(4-5)10(11)12/h3-4H,1-2H3. The van der Waals surface area contributed by atoms with Crippen LogP contribution in [0.15, 0.2) is 12.1 Å². The predicted molar refractivity (Wildman–Crippen MR) is 51.2 cm³/mol. The largest absolute Gasteiger partial charge is 0.496 e. The van der Waals surface area contributed by atoms with Gasteiger partial charge in [0, 0.05) is 6.07 Å². The summed E-state index contributed by atoms with van der Waals surface area (Å²) in [6, 6.07) is 2.71. The number of methoxy groups -OCH3 is 2. The van der Waals surface area contributed by atoms with Gasteiger partial charge in [0.15, 0.2) is 0 Å². The number of nitro benzene ring substituents is 1. The molecule has 0 bridgehead atoms. The van der Waals surface area contributed by atoms with E-state index in [1.807, 2.05) is 0 Å². The van der Waals surface area contributed by atoms with E-state index in [0.717, 1.165) is 0 Å². The van der Waals surface area contributed by atoms with Crippen molar-refractivity contribution < 1.29 is 14.4 Å². The van der Waals surface area contributed by atoms with E-state index >= 15 is 0 Å². The van der Waals surface area contributed by atoms with Gasteiger partial charge in [-0.1, -0.05) is 11.6 Å². The van der Waals surface area contributed by atoms with E-state index in [4.69, 9.17) is 21.1 Å². The van der Waals surface area contributed by atoms with E-state index in [1.54, 1.807) is 0 Å². The molecule has 0 amide bonds. The maximum atomic E-state index is 10.6. The lowest BCUT2D eigenvalue weighted by Gasteiger charge is -2.06. The minimum atomic E-state index is -0.576. The van der Waals surface area contributed by atoms with E-state index in [9.17, 15) is 10.1 Å². The molecule has 0 aliphatic carbocycles. The molecule has 1 aromatic carbocycles. The van der Waals surface area contributed by atoms with E-state index in [2.05, 4.69) is 0 Å². The van der Waals surface area contributed by atoms with Gasteiger partial charge in [-0.3, -0.25) is 10.1 Å². The smallest absolute Gasteiger partial charge is 0.316 e. The van der Waals surface area contributed by atoms with Crippen molar-refractivity contribution in [2.75, 3.05) is 14.2 Å². The predicted octanol–water partition coefficient (Wildman–Crippen LogP) is 2.27. The lowest BCUT2D eigenvalue weighted by atomic mass is 10.3. The van der Waals surface area contributed by atoms with Crippen LogP contribution in [0.25, 0.3) is 0 Å². The van der Waals surface area contributed by atoms with Crippen LogP contribution < -0.4 is 9.47 Å². The highest BCUT2D eigenvalue weighted by Gasteiger charge is 2.19. The Morgan fingerprint density at radius 3 is 2.43 bits per heavy atom. The second-order valence-corrected chi connectivity index (χ2v) is 2.83. The van der Waals surface area contributed by atoms with Crippen molar-refractivity contribution >= 4 is 17.3 Å². The number of ether oxygens (including phenoxy) is 2. The summed E-state index contributed by atoms with van der Waals surface area (Å²) in [5.41, 5.74) is -0.211. The molecule has 1 aromatic rings. The van der Waals surface area contributed by atoms with Gasteiger partial charge >= 0.3 is 5.69 Å². The Hall–Kier alpha value is -1.49. The highest BCUT2D eigenvalue weighted by molar-refractivity contribution is 6.32. The molecule has 0 spiro atoms. The van der Waals surface area contributed by atoms with Crippen LogP contribution in [0, 0.1) is 10.1 Å². The molecule has 5 nitrogen and oxygen atoms in total. The van der Waals surface area contributed by atoms with Crippen LogP contribution in [-0.4, -0.2) is 19.1 Å². The van der Waals surface area contributed by atoms with Crippen molar-refractivity contribution in [3.05, 3.63) is 27.3 Å². The van der Waals surface area contributed by atoms with Gasteiger partial charge < -0.3 is 9.47 Å². The van der Waals surface area contributed by atoms with Crippen LogP contribution in [0.2, 0.25) is 5.02 Å². The fourth-order valence-corrected chi connectivity index (χ4v) is 1.29. The Labute approximate surface area is 85.3 Å². The van der Waals surface area contributed by atoms with Crippen LogP contribution in [0.4, 0.5) is 5.69 Å². The third kappa shape index (κ3) is 1.88. The van der Waals surface area contributed by atoms with Gasteiger partial charge in [-0.2, -0.15) is 0 Å². The van der Waals surface area contributed by atoms with Crippen LogP contribution in [-0.2, 0) is 0 Å². The Morgan fingerprint density at radius 2 is 2.00 bits per heavy atom. The molecule has 0 N–H and O–H groups in total. The molecule has 6 heteroatoms. The quantitative estimate of drug-likeness (QED) is 0.576. The zero-order valence-corrected chi connectivity index (χ0v) is 8.37. The molecule has 0 atom stereocenters. The topological polar surface area (TPSA) is 61.6 Å². The molecule has 14 heavy (non-hydrogen) atoms. The van der Waals surface area contributed by atoms with E-state index in [0.29, 0.717) is 5.75 Å². The first-order valence-electron chi connectivity index (χ1n) is 3.66. The Balaban J connectivity index is 3.35. The van der Waals surface area contributed by atoms with Gasteiger partial charge in [0.25, 0.3) is 0 Å². The maximum absolute atomic E-state index is 10.6. The number of hydrogen-bond donors (Lipinski definition) is 0. The van der Waals surface area contributed by atoms with Crippen molar-refractivity contribution in [1.82, 2.24) is 0 Å². The molecule has 0 fully saturated rings.